The number of rotatable bonds is 8. The molecule has 0 spiro atoms. The lowest BCUT2D eigenvalue weighted by molar-refractivity contribution is -0.136. The Labute approximate surface area is 205 Å². The van der Waals surface area contributed by atoms with E-state index in [2.05, 4.69) is 0 Å². The Kier molecular flexibility index (Phi) is 7.16. The lowest BCUT2D eigenvalue weighted by atomic mass is 9.75. The first kappa shape index (κ1) is 23.5. The zero-order valence-corrected chi connectivity index (χ0v) is 20.3. The first-order valence-corrected chi connectivity index (χ1v) is 11.7. The summed E-state index contributed by atoms with van der Waals surface area (Å²) in [6.45, 7) is 1.07. The highest BCUT2D eigenvalue weighted by atomic mass is 35.5. The number of hydrogen-bond acceptors (Lipinski definition) is 3. The lowest BCUT2D eigenvalue weighted by Gasteiger charge is -2.29. The number of halogens is 2. The van der Waals surface area contributed by atoms with E-state index >= 15 is 0 Å². The second-order valence-corrected chi connectivity index (χ2v) is 9.32. The van der Waals surface area contributed by atoms with Crippen LogP contribution in [0.5, 0.6) is 11.5 Å². The fraction of sp³-hybridized carbons (Fsp3) is 0.296. The third-order valence-corrected chi connectivity index (χ3v) is 7.12. The first-order chi connectivity index (χ1) is 15.9. The van der Waals surface area contributed by atoms with E-state index in [-0.39, 0.29) is 5.91 Å². The molecule has 4 nitrogen and oxygen atoms in total. The van der Waals surface area contributed by atoms with E-state index in [0.717, 1.165) is 34.6 Å². The minimum atomic E-state index is -0.545. The number of ether oxygens (including phenoxy) is 2. The van der Waals surface area contributed by atoms with Crippen LogP contribution in [-0.4, -0.2) is 31.6 Å². The highest BCUT2D eigenvalue weighted by Gasteiger charge is 2.46. The van der Waals surface area contributed by atoms with Crippen LogP contribution in [0.2, 0.25) is 10.0 Å². The molecule has 0 atom stereocenters. The summed E-state index contributed by atoms with van der Waals surface area (Å²) in [7, 11) is 3.30. The Hall–Kier alpha value is -2.69. The van der Waals surface area contributed by atoms with Crippen LogP contribution in [0.1, 0.15) is 23.1 Å². The number of nitrogens with zero attached hydrogens (tertiary/aromatic N) is 1. The molecule has 6 heteroatoms. The van der Waals surface area contributed by atoms with Gasteiger partial charge >= 0.3 is 0 Å². The molecule has 1 aliphatic rings. The summed E-state index contributed by atoms with van der Waals surface area (Å²) in [6, 6.07) is 21.4. The zero-order chi connectivity index (χ0) is 23.4. The van der Waals surface area contributed by atoms with Crippen LogP contribution >= 0.6 is 23.2 Å². The Morgan fingerprint density at radius 3 is 1.76 bits per heavy atom. The molecular formula is C27H27Cl2NO3. The molecule has 0 saturated carbocycles. The molecule has 4 rings (SSSR count). The van der Waals surface area contributed by atoms with E-state index in [9.17, 15) is 4.79 Å². The molecule has 1 fully saturated rings. The first-order valence-electron chi connectivity index (χ1n) is 10.9. The average Bonchev–Trinajstić information content (AvgIpc) is 3.12. The number of likely N-dealkylation sites (tertiary alicyclic amines) is 1. The Balaban J connectivity index is 1.63. The van der Waals surface area contributed by atoms with Crippen LogP contribution in [0.15, 0.2) is 66.7 Å². The van der Waals surface area contributed by atoms with Crippen LogP contribution in [-0.2, 0) is 24.2 Å². The Morgan fingerprint density at radius 2 is 1.30 bits per heavy atom. The molecule has 3 aromatic carbocycles. The van der Waals surface area contributed by atoms with Crippen molar-refractivity contribution in [3.05, 3.63) is 93.5 Å². The molecule has 0 aliphatic carbocycles. The molecule has 0 aromatic heterocycles. The number of carbonyl (C=O) groups is 1. The van der Waals surface area contributed by atoms with Gasteiger partial charge in [0.1, 0.15) is 11.5 Å². The van der Waals surface area contributed by atoms with Gasteiger partial charge in [-0.1, -0.05) is 53.5 Å². The van der Waals surface area contributed by atoms with Crippen LogP contribution in [0.25, 0.3) is 0 Å². The standard InChI is InChI=1S/C27H27Cl2NO3/c1-32-21-10-6-19(7-11-21)16-27(17-20-8-12-22(33-2)13-9-20)14-15-30(26(27)31)18-23-24(28)4-3-5-25(23)29/h3-13H,14-18H2,1-2H3. The topological polar surface area (TPSA) is 38.8 Å². The normalized spacial score (nSPS) is 15.0. The molecule has 3 aromatic rings. The predicted molar refractivity (Wildman–Crippen MR) is 132 cm³/mol. The lowest BCUT2D eigenvalue weighted by Crippen LogP contribution is -2.37. The van der Waals surface area contributed by atoms with E-state index in [1.54, 1.807) is 14.2 Å². The van der Waals surface area contributed by atoms with Crippen molar-refractivity contribution in [1.82, 2.24) is 4.90 Å². The molecule has 0 radical (unpaired) electrons. The summed E-state index contributed by atoms with van der Waals surface area (Å²) in [4.78, 5) is 15.8. The minimum Gasteiger partial charge on any atom is -0.497 e. The third kappa shape index (κ3) is 5.13. The molecule has 0 unspecified atom stereocenters. The molecule has 1 saturated heterocycles. The van der Waals surface area contributed by atoms with Gasteiger partial charge in [0, 0.05) is 28.7 Å². The fourth-order valence-electron chi connectivity index (χ4n) is 4.58. The van der Waals surface area contributed by atoms with Crippen molar-refractivity contribution < 1.29 is 14.3 Å². The maximum absolute atomic E-state index is 13.9. The van der Waals surface area contributed by atoms with Gasteiger partial charge in [0.25, 0.3) is 0 Å². The average molecular weight is 484 g/mol. The summed E-state index contributed by atoms with van der Waals surface area (Å²) >= 11 is 12.8. The molecule has 0 bridgehead atoms. The van der Waals surface area contributed by atoms with Crippen molar-refractivity contribution in [3.8, 4) is 11.5 Å². The summed E-state index contributed by atoms with van der Waals surface area (Å²) in [5.41, 5.74) is 2.46. The molecule has 1 amide bonds. The summed E-state index contributed by atoms with van der Waals surface area (Å²) in [5.74, 6) is 1.73. The van der Waals surface area contributed by atoms with Crippen LogP contribution in [0.3, 0.4) is 0 Å². The fourth-order valence-corrected chi connectivity index (χ4v) is 5.09. The number of methoxy groups -OCH3 is 2. The van der Waals surface area contributed by atoms with Gasteiger partial charge in [0.05, 0.1) is 19.6 Å². The SMILES string of the molecule is COc1ccc(CC2(Cc3ccc(OC)cc3)CCN(Cc3c(Cl)cccc3Cl)C2=O)cc1. The van der Waals surface area contributed by atoms with E-state index in [1.807, 2.05) is 71.6 Å². The molecule has 172 valence electrons. The number of carbonyl (C=O) groups excluding carboxylic acids is 1. The molecule has 1 heterocycles. The van der Waals surface area contributed by atoms with Gasteiger partial charge in [-0.3, -0.25) is 4.79 Å². The summed E-state index contributed by atoms with van der Waals surface area (Å²) in [5, 5.41) is 1.16. The van der Waals surface area contributed by atoms with E-state index in [1.165, 1.54) is 0 Å². The number of amides is 1. The maximum atomic E-state index is 13.9. The predicted octanol–water partition coefficient (Wildman–Crippen LogP) is 6.21. The molecule has 1 aliphatic heterocycles. The maximum Gasteiger partial charge on any atom is 0.229 e. The third-order valence-electron chi connectivity index (χ3n) is 6.41. The number of hydrogen-bond donors (Lipinski definition) is 0. The van der Waals surface area contributed by atoms with E-state index < -0.39 is 5.41 Å². The van der Waals surface area contributed by atoms with Gasteiger partial charge in [-0.2, -0.15) is 0 Å². The van der Waals surface area contributed by atoms with Gasteiger partial charge in [-0.25, -0.2) is 0 Å². The van der Waals surface area contributed by atoms with Crippen molar-refractivity contribution in [2.24, 2.45) is 5.41 Å². The Bertz CT molecular complexity index is 1040. The van der Waals surface area contributed by atoms with Crippen molar-refractivity contribution in [2.45, 2.75) is 25.8 Å². The summed E-state index contributed by atoms with van der Waals surface area (Å²) in [6.07, 6.45) is 2.05. The molecule has 33 heavy (non-hydrogen) atoms. The smallest absolute Gasteiger partial charge is 0.229 e. The van der Waals surface area contributed by atoms with Gasteiger partial charge in [0.2, 0.25) is 5.91 Å². The second kappa shape index (κ2) is 10.1. The minimum absolute atomic E-state index is 0.130. The van der Waals surface area contributed by atoms with Crippen LogP contribution in [0.4, 0.5) is 0 Å². The highest BCUT2D eigenvalue weighted by molar-refractivity contribution is 6.36. The molecular weight excluding hydrogens is 457 g/mol. The zero-order valence-electron chi connectivity index (χ0n) is 18.8. The van der Waals surface area contributed by atoms with Crippen molar-refractivity contribution in [3.63, 3.8) is 0 Å². The van der Waals surface area contributed by atoms with Crippen molar-refractivity contribution in [2.75, 3.05) is 20.8 Å². The molecule has 0 N–H and O–H groups in total. The van der Waals surface area contributed by atoms with Crippen LogP contribution < -0.4 is 9.47 Å². The van der Waals surface area contributed by atoms with Crippen molar-refractivity contribution in [1.29, 1.82) is 0 Å². The van der Waals surface area contributed by atoms with Gasteiger partial charge in [-0.15, -0.1) is 0 Å². The van der Waals surface area contributed by atoms with Gasteiger partial charge in [-0.05, 0) is 66.8 Å². The summed E-state index contributed by atoms with van der Waals surface area (Å²) < 4.78 is 10.6. The highest BCUT2D eigenvalue weighted by Crippen LogP contribution is 2.41. The van der Waals surface area contributed by atoms with E-state index in [0.29, 0.717) is 36.0 Å². The Morgan fingerprint density at radius 1 is 0.818 bits per heavy atom. The second-order valence-electron chi connectivity index (χ2n) is 8.51. The monoisotopic (exact) mass is 483 g/mol. The van der Waals surface area contributed by atoms with Gasteiger partial charge < -0.3 is 14.4 Å². The quantitative estimate of drug-likeness (QED) is 0.381. The van der Waals surface area contributed by atoms with Gasteiger partial charge in [0.15, 0.2) is 0 Å². The number of benzene rings is 3. The largest absolute Gasteiger partial charge is 0.497 e. The van der Waals surface area contributed by atoms with E-state index in [4.69, 9.17) is 32.7 Å². The van der Waals surface area contributed by atoms with Crippen LogP contribution in [0, 0.1) is 5.41 Å². The van der Waals surface area contributed by atoms with Crippen molar-refractivity contribution >= 4 is 29.1 Å².